The molecular weight excluding hydrogens is 432 g/mol. The van der Waals surface area contributed by atoms with Crippen LogP contribution in [-0.2, 0) is 11.3 Å². The summed E-state index contributed by atoms with van der Waals surface area (Å²) in [6, 6.07) is 14.8. The Bertz CT molecular complexity index is 1420. The molecule has 0 aliphatic rings. The number of carbonyl (C=O) groups excluding carboxylic acids is 1. The van der Waals surface area contributed by atoms with E-state index in [0.29, 0.717) is 28.0 Å². The number of amides is 1. The van der Waals surface area contributed by atoms with Gasteiger partial charge in [-0.05, 0) is 36.4 Å². The third-order valence-electron chi connectivity index (χ3n) is 5.04. The molecule has 0 atom stereocenters. The molecule has 9 heteroatoms. The molecule has 0 saturated carbocycles. The molecule has 4 rings (SSSR count). The zero-order chi connectivity index (χ0) is 23.5. The van der Waals surface area contributed by atoms with Crippen molar-refractivity contribution in [2.75, 3.05) is 19.5 Å². The van der Waals surface area contributed by atoms with Crippen molar-refractivity contribution < 1.29 is 23.0 Å². The topological polar surface area (TPSA) is 82.5 Å². The van der Waals surface area contributed by atoms with Crippen LogP contribution < -0.4 is 20.3 Å². The average molecular weight is 451 g/mol. The van der Waals surface area contributed by atoms with Crippen LogP contribution in [0.5, 0.6) is 11.5 Å². The second-order valence-corrected chi connectivity index (χ2v) is 7.10. The van der Waals surface area contributed by atoms with Crippen molar-refractivity contribution in [3.8, 4) is 22.8 Å². The summed E-state index contributed by atoms with van der Waals surface area (Å²) in [6.45, 7) is -0.407. The molecule has 1 N–H and O–H groups in total. The van der Waals surface area contributed by atoms with Gasteiger partial charge in [0.2, 0.25) is 5.91 Å². The molecule has 1 amide bonds. The SMILES string of the molecule is COc1ccc(NC(=O)Cn2nc(-c3ccc(F)c(F)c3)c3ccccc3c2=O)c(OC)c1. The van der Waals surface area contributed by atoms with Gasteiger partial charge in [-0.25, -0.2) is 13.5 Å². The van der Waals surface area contributed by atoms with E-state index in [1.807, 2.05) is 0 Å². The Kier molecular flexibility index (Phi) is 6.03. The molecule has 0 aliphatic heterocycles. The van der Waals surface area contributed by atoms with E-state index in [-0.39, 0.29) is 11.3 Å². The Morgan fingerprint density at radius 3 is 2.42 bits per heavy atom. The fourth-order valence-electron chi connectivity index (χ4n) is 3.43. The first-order valence-corrected chi connectivity index (χ1v) is 9.88. The lowest BCUT2D eigenvalue weighted by Gasteiger charge is -2.13. The van der Waals surface area contributed by atoms with Gasteiger partial charge in [0, 0.05) is 17.0 Å². The summed E-state index contributed by atoms with van der Waals surface area (Å²) in [5.41, 5.74) is 0.418. The quantitative estimate of drug-likeness (QED) is 0.479. The normalized spacial score (nSPS) is 10.8. The summed E-state index contributed by atoms with van der Waals surface area (Å²) < 4.78 is 38.7. The highest BCUT2D eigenvalue weighted by Crippen LogP contribution is 2.29. The zero-order valence-electron chi connectivity index (χ0n) is 17.8. The monoisotopic (exact) mass is 451 g/mol. The minimum absolute atomic E-state index is 0.249. The van der Waals surface area contributed by atoms with Crippen LogP contribution in [0.25, 0.3) is 22.0 Å². The molecule has 33 heavy (non-hydrogen) atoms. The summed E-state index contributed by atoms with van der Waals surface area (Å²) in [5, 5.41) is 7.73. The maximum Gasteiger partial charge on any atom is 0.275 e. The molecule has 168 valence electrons. The number of aromatic nitrogens is 2. The van der Waals surface area contributed by atoms with Gasteiger partial charge >= 0.3 is 0 Å². The first-order valence-electron chi connectivity index (χ1n) is 9.88. The second-order valence-electron chi connectivity index (χ2n) is 7.10. The highest BCUT2D eigenvalue weighted by atomic mass is 19.2. The number of benzene rings is 3. The number of nitrogens with one attached hydrogen (secondary N) is 1. The standard InChI is InChI=1S/C24H19F2N3O4/c1-32-15-8-10-20(21(12-15)33-2)27-22(30)13-29-24(31)17-6-4-3-5-16(17)23(28-29)14-7-9-18(25)19(26)11-14/h3-12H,13H2,1-2H3,(H,27,30). The first kappa shape index (κ1) is 21.9. The number of methoxy groups -OCH3 is 2. The van der Waals surface area contributed by atoms with Gasteiger partial charge in [0.05, 0.1) is 31.0 Å². The lowest BCUT2D eigenvalue weighted by Crippen LogP contribution is -2.30. The van der Waals surface area contributed by atoms with Gasteiger partial charge < -0.3 is 14.8 Å². The fraction of sp³-hybridized carbons (Fsp3) is 0.125. The molecule has 1 heterocycles. The summed E-state index contributed by atoms with van der Waals surface area (Å²) in [7, 11) is 2.96. The number of fused-ring (bicyclic) bond motifs is 1. The molecule has 0 bridgehead atoms. The van der Waals surface area contributed by atoms with Gasteiger partial charge in [-0.15, -0.1) is 0 Å². The van der Waals surface area contributed by atoms with Crippen molar-refractivity contribution in [3.05, 3.63) is 82.7 Å². The third-order valence-corrected chi connectivity index (χ3v) is 5.04. The maximum atomic E-state index is 13.9. The van der Waals surface area contributed by atoms with Gasteiger partial charge in [0.25, 0.3) is 5.56 Å². The molecular formula is C24H19F2N3O4. The Hall–Kier alpha value is -4.27. The molecule has 3 aromatic carbocycles. The van der Waals surface area contributed by atoms with E-state index in [9.17, 15) is 18.4 Å². The van der Waals surface area contributed by atoms with E-state index in [2.05, 4.69) is 10.4 Å². The molecule has 4 aromatic rings. The first-order chi connectivity index (χ1) is 15.9. The number of nitrogens with zero attached hydrogens (tertiary/aromatic N) is 2. The van der Waals surface area contributed by atoms with Crippen LogP contribution >= 0.6 is 0 Å². The van der Waals surface area contributed by atoms with Crippen molar-refractivity contribution in [3.63, 3.8) is 0 Å². The molecule has 1 aromatic heterocycles. The number of rotatable bonds is 6. The van der Waals surface area contributed by atoms with Crippen molar-refractivity contribution in [2.45, 2.75) is 6.54 Å². The van der Waals surface area contributed by atoms with Crippen LogP contribution in [0.2, 0.25) is 0 Å². The smallest absolute Gasteiger partial charge is 0.275 e. The minimum Gasteiger partial charge on any atom is -0.497 e. The van der Waals surface area contributed by atoms with Crippen LogP contribution in [-0.4, -0.2) is 29.9 Å². The molecule has 0 saturated heterocycles. The van der Waals surface area contributed by atoms with Gasteiger partial charge in [-0.2, -0.15) is 5.10 Å². The minimum atomic E-state index is -1.04. The Labute approximate surface area is 187 Å². The van der Waals surface area contributed by atoms with Crippen LogP contribution in [0.15, 0.2) is 65.5 Å². The molecule has 0 unspecified atom stereocenters. The lowest BCUT2D eigenvalue weighted by atomic mass is 10.0. The van der Waals surface area contributed by atoms with Crippen LogP contribution in [0, 0.1) is 11.6 Å². The Balaban J connectivity index is 1.72. The van der Waals surface area contributed by atoms with Gasteiger partial charge in [-0.1, -0.05) is 18.2 Å². The predicted octanol–water partition coefficient (Wildman–Crippen LogP) is 4.00. The maximum absolute atomic E-state index is 13.9. The van der Waals surface area contributed by atoms with Gasteiger partial charge in [0.15, 0.2) is 11.6 Å². The number of ether oxygens (including phenoxy) is 2. The lowest BCUT2D eigenvalue weighted by molar-refractivity contribution is -0.117. The van der Waals surface area contributed by atoms with E-state index in [0.717, 1.165) is 16.8 Å². The van der Waals surface area contributed by atoms with Crippen LogP contribution in [0.1, 0.15) is 0 Å². The van der Waals surface area contributed by atoms with E-state index >= 15 is 0 Å². The van der Waals surface area contributed by atoms with Gasteiger partial charge in [0.1, 0.15) is 18.0 Å². The Morgan fingerprint density at radius 2 is 1.73 bits per heavy atom. The van der Waals surface area contributed by atoms with E-state index in [1.54, 1.807) is 42.5 Å². The largest absolute Gasteiger partial charge is 0.497 e. The zero-order valence-corrected chi connectivity index (χ0v) is 17.8. The highest BCUT2D eigenvalue weighted by Gasteiger charge is 2.16. The molecule has 0 spiro atoms. The van der Waals surface area contributed by atoms with E-state index in [4.69, 9.17) is 9.47 Å². The summed E-state index contributed by atoms with van der Waals surface area (Å²) in [6.07, 6.45) is 0. The van der Waals surface area contributed by atoms with Crippen molar-refractivity contribution in [1.82, 2.24) is 9.78 Å². The van der Waals surface area contributed by atoms with Crippen molar-refractivity contribution in [2.24, 2.45) is 0 Å². The molecule has 0 aliphatic carbocycles. The van der Waals surface area contributed by atoms with Gasteiger partial charge in [-0.3, -0.25) is 9.59 Å². The Morgan fingerprint density at radius 1 is 0.970 bits per heavy atom. The molecule has 0 radical (unpaired) electrons. The van der Waals surface area contributed by atoms with Crippen LogP contribution in [0.4, 0.5) is 14.5 Å². The average Bonchev–Trinajstić information content (AvgIpc) is 2.83. The summed E-state index contributed by atoms with van der Waals surface area (Å²) in [5.74, 6) is -1.64. The number of anilines is 1. The second kappa shape index (κ2) is 9.07. The molecule has 0 fully saturated rings. The third kappa shape index (κ3) is 4.38. The van der Waals surface area contributed by atoms with Crippen LogP contribution in [0.3, 0.4) is 0 Å². The number of hydrogen-bond donors (Lipinski definition) is 1. The molecule has 7 nitrogen and oxygen atoms in total. The number of hydrogen-bond acceptors (Lipinski definition) is 5. The fourth-order valence-corrected chi connectivity index (χ4v) is 3.43. The number of carbonyl (C=O) groups is 1. The summed E-state index contributed by atoms with van der Waals surface area (Å²) >= 11 is 0. The van der Waals surface area contributed by atoms with Crippen molar-refractivity contribution >= 4 is 22.4 Å². The number of halogens is 2. The highest BCUT2D eigenvalue weighted by molar-refractivity contribution is 5.95. The van der Waals surface area contributed by atoms with E-state index < -0.39 is 29.6 Å². The van der Waals surface area contributed by atoms with E-state index in [1.165, 1.54) is 20.3 Å². The predicted molar refractivity (Wildman–Crippen MR) is 120 cm³/mol. The summed E-state index contributed by atoms with van der Waals surface area (Å²) in [4.78, 5) is 25.7. The van der Waals surface area contributed by atoms with Crippen molar-refractivity contribution in [1.29, 1.82) is 0 Å².